The largest absolute Gasteiger partial charge is 0.460 e. The Labute approximate surface area is 172 Å². The van der Waals surface area contributed by atoms with Crippen LogP contribution in [0.25, 0.3) is 0 Å². The summed E-state index contributed by atoms with van der Waals surface area (Å²) in [5.41, 5.74) is -1.09. The number of carbonyl (C=O) groups excluding carboxylic acids is 2. The third-order valence-electron chi connectivity index (χ3n) is 3.65. The van der Waals surface area contributed by atoms with Crippen molar-refractivity contribution >= 4 is 11.9 Å². The van der Waals surface area contributed by atoms with E-state index < -0.39 is 65.0 Å². The van der Waals surface area contributed by atoms with E-state index in [1.54, 1.807) is 0 Å². The molecule has 18 heteroatoms. The maximum atomic E-state index is 13.3. The van der Waals surface area contributed by atoms with Crippen LogP contribution in [-0.4, -0.2) is 48.0 Å². The van der Waals surface area contributed by atoms with Crippen molar-refractivity contribution in [3.63, 3.8) is 0 Å². The summed E-state index contributed by atoms with van der Waals surface area (Å²) in [7, 11) is 0. The van der Waals surface area contributed by atoms with Crippen molar-refractivity contribution in [3.05, 3.63) is 23.8 Å². The van der Waals surface area contributed by atoms with Crippen molar-refractivity contribution in [1.29, 1.82) is 0 Å². The van der Waals surface area contributed by atoms with Crippen LogP contribution in [0.2, 0.25) is 0 Å². The third-order valence-corrected chi connectivity index (χ3v) is 3.65. The second-order valence-corrected chi connectivity index (χ2v) is 5.95. The number of benzene rings is 1. The van der Waals surface area contributed by atoms with Gasteiger partial charge in [0.25, 0.3) is 0 Å². The summed E-state index contributed by atoms with van der Waals surface area (Å²) in [6, 6.07) is 1.18. The maximum Gasteiger partial charge on any atom is 0.460 e. The first-order chi connectivity index (χ1) is 14.4. The lowest BCUT2D eigenvalue weighted by molar-refractivity contribution is -0.346. The van der Waals surface area contributed by atoms with Gasteiger partial charge >= 0.3 is 48.0 Å². The number of esters is 2. The van der Waals surface area contributed by atoms with Gasteiger partial charge in [0.2, 0.25) is 0 Å². The molecule has 0 radical (unpaired) electrons. The van der Waals surface area contributed by atoms with Gasteiger partial charge < -0.3 is 9.47 Å². The van der Waals surface area contributed by atoms with Crippen molar-refractivity contribution in [2.45, 2.75) is 43.0 Å². The Kier molecular flexibility index (Phi) is 7.00. The first kappa shape index (κ1) is 28.2. The van der Waals surface area contributed by atoms with Gasteiger partial charge in [0, 0.05) is 5.56 Å². The number of hydrogen-bond acceptors (Lipinski definition) is 4. The number of halogens is 14. The quantitative estimate of drug-likeness (QED) is 0.286. The van der Waals surface area contributed by atoms with Crippen molar-refractivity contribution in [1.82, 2.24) is 0 Å². The lowest BCUT2D eigenvalue weighted by Gasteiger charge is -2.27. The molecule has 1 aromatic carbocycles. The van der Waals surface area contributed by atoms with E-state index in [1.807, 2.05) is 0 Å². The van der Waals surface area contributed by atoms with Gasteiger partial charge in [-0.2, -0.15) is 61.5 Å². The Bertz CT molecular complexity index is 846. The molecule has 0 fully saturated rings. The third kappa shape index (κ3) is 4.78. The molecule has 0 atom stereocenters. The molecule has 0 bridgehead atoms. The number of carbonyl (C=O) groups is 2. The molecule has 0 aliphatic heterocycles. The zero-order chi connectivity index (χ0) is 26.4. The lowest BCUT2D eigenvalue weighted by atomic mass is 10.1. The van der Waals surface area contributed by atoms with Gasteiger partial charge in [-0.05, 0) is 19.1 Å². The fourth-order valence-corrected chi connectivity index (χ4v) is 1.76. The SMILES string of the molecule is Cc1c(OC(=O)C(F)(F)C(F)(F)C(F)(F)F)cccc1OC(=O)C(F)(F)C(F)(F)C(F)(F)F. The van der Waals surface area contributed by atoms with E-state index in [0.717, 1.165) is 0 Å². The zero-order valence-corrected chi connectivity index (χ0v) is 15.2. The van der Waals surface area contributed by atoms with Crippen LogP contribution < -0.4 is 9.47 Å². The molecular formula is C15H6F14O4. The van der Waals surface area contributed by atoms with Crippen LogP contribution in [0, 0.1) is 6.92 Å². The summed E-state index contributed by atoms with van der Waals surface area (Å²) in [6.07, 6.45) is -13.9. The molecule has 0 heterocycles. The first-order valence-electron chi connectivity index (χ1n) is 7.61. The van der Waals surface area contributed by atoms with E-state index in [9.17, 15) is 71.1 Å². The zero-order valence-electron chi connectivity index (χ0n) is 15.2. The first-order valence-corrected chi connectivity index (χ1v) is 7.61. The Balaban J connectivity index is 3.25. The van der Waals surface area contributed by atoms with E-state index in [-0.39, 0.29) is 0 Å². The van der Waals surface area contributed by atoms with Crippen LogP contribution in [0.1, 0.15) is 5.56 Å². The van der Waals surface area contributed by atoms with Gasteiger partial charge in [-0.1, -0.05) is 6.07 Å². The number of rotatable bonds is 6. The van der Waals surface area contributed by atoms with Crippen LogP contribution >= 0.6 is 0 Å². The van der Waals surface area contributed by atoms with Crippen molar-refractivity contribution in [3.8, 4) is 11.5 Å². The number of ether oxygens (including phenoxy) is 2. The van der Waals surface area contributed by atoms with Crippen molar-refractivity contribution < 1.29 is 80.5 Å². The second-order valence-electron chi connectivity index (χ2n) is 5.95. The molecule has 0 saturated heterocycles. The van der Waals surface area contributed by atoms with Gasteiger partial charge in [0.05, 0.1) is 0 Å². The Morgan fingerprint density at radius 2 is 0.879 bits per heavy atom. The predicted octanol–water partition coefficient (Wildman–Crippen LogP) is 5.47. The minimum atomic E-state index is -6.94. The summed E-state index contributed by atoms with van der Waals surface area (Å²) in [4.78, 5) is 22.4. The second kappa shape index (κ2) is 8.19. The molecule has 0 N–H and O–H groups in total. The maximum absolute atomic E-state index is 13.3. The van der Waals surface area contributed by atoms with E-state index in [0.29, 0.717) is 25.1 Å². The average molecular weight is 516 g/mol. The van der Waals surface area contributed by atoms with Crippen LogP contribution in [0.4, 0.5) is 61.5 Å². The minimum absolute atomic E-state index is 0.370. The molecule has 1 rings (SSSR count). The van der Waals surface area contributed by atoms with Gasteiger partial charge in [-0.3, -0.25) is 0 Å². The predicted molar refractivity (Wildman–Crippen MR) is 74.3 cm³/mol. The summed E-state index contributed by atoms with van der Waals surface area (Å²) in [6.45, 7) is 0.505. The van der Waals surface area contributed by atoms with Gasteiger partial charge in [-0.25, -0.2) is 9.59 Å². The van der Waals surface area contributed by atoms with Crippen molar-refractivity contribution in [2.24, 2.45) is 0 Å². The minimum Gasteiger partial charge on any atom is -0.421 e. The smallest absolute Gasteiger partial charge is 0.421 e. The number of hydrogen-bond donors (Lipinski definition) is 0. The monoisotopic (exact) mass is 516 g/mol. The molecule has 0 unspecified atom stereocenters. The number of alkyl halides is 14. The van der Waals surface area contributed by atoms with Crippen molar-refractivity contribution in [2.75, 3.05) is 0 Å². The van der Waals surface area contributed by atoms with Gasteiger partial charge in [-0.15, -0.1) is 0 Å². The molecular weight excluding hydrogens is 510 g/mol. The summed E-state index contributed by atoms with van der Waals surface area (Å²) in [5, 5.41) is 0. The molecule has 33 heavy (non-hydrogen) atoms. The van der Waals surface area contributed by atoms with Crippen LogP contribution in [-0.2, 0) is 9.59 Å². The fraction of sp³-hybridized carbons (Fsp3) is 0.467. The highest BCUT2D eigenvalue weighted by Crippen LogP contribution is 2.48. The highest BCUT2D eigenvalue weighted by molar-refractivity contribution is 5.83. The summed E-state index contributed by atoms with van der Waals surface area (Å²) < 4.78 is 185. The Morgan fingerprint density at radius 1 is 0.606 bits per heavy atom. The molecule has 4 nitrogen and oxygen atoms in total. The van der Waals surface area contributed by atoms with Crippen LogP contribution in [0.15, 0.2) is 18.2 Å². The molecule has 1 aromatic rings. The van der Waals surface area contributed by atoms with Gasteiger partial charge in [0.1, 0.15) is 11.5 Å². The van der Waals surface area contributed by atoms with E-state index in [2.05, 4.69) is 9.47 Å². The Hall–Kier alpha value is -2.82. The average Bonchev–Trinajstić information content (AvgIpc) is 2.62. The van der Waals surface area contributed by atoms with E-state index in [1.165, 1.54) is 0 Å². The molecule has 0 amide bonds. The molecule has 0 aliphatic rings. The normalized spacial score (nSPS) is 14.2. The molecule has 0 aromatic heterocycles. The highest BCUT2D eigenvalue weighted by atomic mass is 19.4. The van der Waals surface area contributed by atoms with Gasteiger partial charge in [0.15, 0.2) is 0 Å². The van der Waals surface area contributed by atoms with Crippen LogP contribution in [0.3, 0.4) is 0 Å². The lowest BCUT2D eigenvalue weighted by Crippen LogP contribution is -2.57. The summed E-state index contributed by atoms with van der Waals surface area (Å²) in [5.74, 6) is -36.8. The molecule has 0 spiro atoms. The van der Waals surface area contributed by atoms with Crippen LogP contribution in [0.5, 0.6) is 11.5 Å². The fourth-order valence-electron chi connectivity index (χ4n) is 1.76. The van der Waals surface area contributed by atoms with E-state index in [4.69, 9.17) is 0 Å². The molecule has 0 saturated carbocycles. The molecule has 188 valence electrons. The highest BCUT2D eigenvalue weighted by Gasteiger charge is 2.78. The summed E-state index contributed by atoms with van der Waals surface area (Å²) >= 11 is 0. The standard InChI is InChI=1S/C15H6F14O4/c1-5-6(32-8(30)10(16,17)12(20,21)14(24,25)26)3-2-4-7(5)33-9(31)11(18,19)13(22,23)15(27,28)29/h2-4H,1H3. The molecule has 0 aliphatic carbocycles. The topological polar surface area (TPSA) is 52.6 Å². The van der Waals surface area contributed by atoms with E-state index >= 15 is 0 Å². The Morgan fingerprint density at radius 3 is 1.12 bits per heavy atom.